The molecular weight excluding hydrogens is 238 g/mol. The van der Waals surface area contributed by atoms with Crippen LogP contribution in [-0.4, -0.2) is 9.38 Å². The first-order valence-electron chi connectivity index (χ1n) is 6.20. The maximum Gasteiger partial charge on any atom is 0.257 e. The molecule has 4 heteroatoms. The number of fused-ring (bicyclic) bond motifs is 3. The van der Waals surface area contributed by atoms with Gasteiger partial charge in [0.25, 0.3) is 5.56 Å². The molecular formula is C15H13N3O. The highest BCUT2D eigenvalue weighted by atomic mass is 16.1. The summed E-state index contributed by atoms with van der Waals surface area (Å²) in [6.45, 7) is 3.96. The number of hydrogen-bond donors (Lipinski definition) is 1. The van der Waals surface area contributed by atoms with Crippen molar-refractivity contribution >= 4 is 16.7 Å². The van der Waals surface area contributed by atoms with E-state index in [1.165, 1.54) is 0 Å². The number of aromatic amines is 1. The zero-order valence-electron chi connectivity index (χ0n) is 10.8. The van der Waals surface area contributed by atoms with Crippen LogP contribution in [0.3, 0.4) is 0 Å². The van der Waals surface area contributed by atoms with E-state index in [0.29, 0.717) is 11.2 Å². The lowest BCUT2D eigenvalue weighted by atomic mass is 9.99. The maximum atomic E-state index is 12.3. The predicted molar refractivity (Wildman–Crippen MR) is 74.3 cm³/mol. The van der Waals surface area contributed by atoms with E-state index in [1.54, 1.807) is 10.5 Å². The van der Waals surface area contributed by atoms with E-state index in [0.717, 1.165) is 16.6 Å². The van der Waals surface area contributed by atoms with Crippen LogP contribution in [0.4, 0.5) is 0 Å². The first kappa shape index (κ1) is 11.5. The minimum atomic E-state index is -0.102. The number of para-hydroxylation sites is 2. The molecule has 3 aromatic rings. The van der Waals surface area contributed by atoms with Crippen LogP contribution in [0, 0.1) is 11.3 Å². The third-order valence-corrected chi connectivity index (χ3v) is 3.38. The number of imidazole rings is 1. The average molecular weight is 251 g/mol. The molecule has 0 spiro atoms. The predicted octanol–water partition coefficient (Wildman–Crippen LogP) is 2.78. The summed E-state index contributed by atoms with van der Waals surface area (Å²) < 4.78 is 1.57. The van der Waals surface area contributed by atoms with Gasteiger partial charge in [-0.1, -0.05) is 26.0 Å². The molecule has 1 N–H and O–H groups in total. The van der Waals surface area contributed by atoms with Gasteiger partial charge in [0, 0.05) is 6.07 Å². The largest absolute Gasteiger partial charge is 0.338 e. The van der Waals surface area contributed by atoms with E-state index >= 15 is 0 Å². The summed E-state index contributed by atoms with van der Waals surface area (Å²) in [6.07, 6.45) is 0. The lowest BCUT2D eigenvalue weighted by molar-refractivity contribution is 0.855. The Labute approximate surface area is 109 Å². The second-order valence-corrected chi connectivity index (χ2v) is 4.91. The highest BCUT2D eigenvalue weighted by Crippen LogP contribution is 2.23. The summed E-state index contributed by atoms with van der Waals surface area (Å²) in [5, 5.41) is 9.40. The Bertz CT molecular complexity index is 878. The summed E-state index contributed by atoms with van der Waals surface area (Å²) >= 11 is 0. The number of nitriles is 1. The number of hydrogen-bond acceptors (Lipinski definition) is 2. The Morgan fingerprint density at radius 1 is 1.32 bits per heavy atom. The molecule has 0 bridgehead atoms. The van der Waals surface area contributed by atoms with E-state index < -0.39 is 0 Å². The maximum absolute atomic E-state index is 12.3. The number of aromatic nitrogens is 2. The molecule has 3 rings (SSSR count). The molecule has 0 amide bonds. The van der Waals surface area contributed by atoms with Gasteiger partial charge in [-0.15, -0.1) is 0 Å². The summed E-state index contributed by atoms with van der Waals surface area (Å²) in [7, 11) is 0. The molecule has 94 valence electrons. The molecule has 2 aromatic heterocycles. The van der Waals surface area contributed by atoms with E-state index in [9.17, 15) is 10.1 Å². The van der Waals surface area contributed by atoms with Gasteiger partial charge in [0.05, 0.1) is 16.6 Å². The fourth-order valence-corrected chi connectivity index (χ4v) is 2.46. The SMILES string of the molecule is CC(C)c1cc(=O)n2c([nH]c3ccccc32)c1C#N. The molecule has 0 radical (unpaired) electrons. The monoisotopic (exact) mass is 251 g/mol. The standard InChI is InChI=1S/C15H13N3O/c1-9(2)10-7-14(19)18-13-6-4-3-5-12(13)17-15(18)11(10)8-16/h3-7,9,17H,1-2H3. The van der Waals surface area contributed by atoms with Crippen molar-refractivity contribution < 1.29 is 0 Å². The molecule has 2 heterocycles. The van der Waals surface area contributed by atoms with Gasteiger partial charge in [0.15, 0.2) is 0 Å². The number of pyridine rings is 1. The van der Waals surface area contributed by atoms with Crippen molar-refractivity contribution in [2.24, 2.45) is 0 Å². The van der Waals surface area contributed by atoms with E-state index in [4.69, 9.17) is 0 Å². The molecule has 0 aliphatic rings. The topological polar surface area (TPSA) is 61.1 Å². The Balaban J connectivity index is 2.60. The summed E-state index contributed by atoms with van der Waals surface area (Å²) in [5.41, 5.74) is 3.48. The number of nitrogens with one attached hydrogen (secondary N) is 1. The Morgan fingerprint density at radius 3 is 2.74 bits per heavy atom. The summed E-state index contributed by atoms with van der Waals surface area (Å²) in [6, 6.07) is 11.3. The first-order chi connectivity index (χ1) is 9.13. The van der Waals surface area contributed by atoms with Crippen LogP contribution in [0.1, 0.15) is 30.9 Å². The average Bonchev–Trinajstić information content (AvgIpc) is 2.78. The van der Waals surface area contributed by atoms with Crippen molar-refractivity contribution in [2.75, 3.05) is 0 Å². The van der Waals surface area contributed by atoms with Crippen LogP contribution in [0.15, 0.2) is 35.1 Å². The van der Waals surface area contributed by atoms with Gasteiger partial charge in [-0.2, -0.15) is 5.26 Å². The lowest BCUT2D eigenvalue weighted by Gasteiger charge is -2.08. The van der Waals surface area contributed by atoms with Crippen LogP contribution in [-0.2, 0) is 0 Å². The van der Waals surface area contributed by atoms with Crippen LogP contribution in [0.2, 0.25) is 0 Å². The van der Waals surface area contributed by atoms with E-state index in [2.05, 4.69) is 11.1 Å². The van der Waals surface area contributed by atoms with Crippen LogP contribution in [0.25, 0.3) is 16.7 Å². The molecule has 0 aliphatic carbocycles. The fourth-order valence-electron chi connectivity index (χ4n) is 2.46. The molecule has 4 nitrogen and oxygen atoms in total. The highest BCUT2D eigenvalue weighted by Gasteiger charge is 2.16. The second-order valence-electron chi connectivity index (χ2n) is 4.91. The van der Waals surface area contributed by atoms with Crippen molar-refractivity contribution in [1.82, 2.24) is 9.38 Å². The van der Waals surface area contributed by atoms with Gasteiger partial charge in [-0.3, -0.25) is 9.20 Å². The summed E-state index contributed by atoms with van der Waals surface area (Å²) in [5.74, 6) is 0.138. The molecule has 19 heavy (non-hydrogen) atoms. The van der Waals surface area contributed by atoms with Crippen molar-refractivity contribution in [1.29, 1.82) is 5.26 Å². The molecule has 0 atom stereocenters. The minimum absolute atomic E-state index is 0.102. The number of H-pyrrole nitrogens is 1. The first-order valence-corrected chi connectivity index (χ1v) is 6.20. The van der Waals surface area contributed by atoms with Gasteiger partial charge in [-0.25, -0.2) is 0 Å². The molecule has 0 saturated heterocycles. The van der Waals surface area contributed by atoms with Crippen molar-refractivity contribution in [3.8, 4) is 6.07 Å². The van der Waals surface area contributed by atoms with Crippen molar-refractivity contribution in [2.45, 2.75) is 19.8 Å². The van der Waals surface area contributed by atoms with Gasteiger partial charge < -0.3 is 4.98 Å². The van der Waals surface area contributed by atoms with Gasteiger partial charge in [0.2, 0.25) is 0 Å². The van der Waals surface area contributed by atoms with E-state index in [1.807, 2.05) is 38.1 Å². The minimum Gasteiger partial charge on any atom is -0.338 e. The quantitative estimate of drug-likeness (QED) is 0.722. The fraction of sp³-hybridized carbons (Fsp3) is 0.200. The third kappa shape index (κ3) is 1.55. The van der Waals surface area contributed by atoms with Crippen molar-refractivity contribution in [3.63, 3.8) is 0 Å². The van der Waals surface area contributed by atoms with Crippen molar-refractivity contribution in [3.05, 3.63) is 51.8 Å². The van der Waals surface area contributed by atoms with Crippen LogP contribution in [0.5, 0.6) is 0 Å². The molecule has 0 fully saturated rings. The normalized spacial score (nSPS) is 11.3. The zero-order chi connectivity index (χ0) is 13.6. The Hall–Kier alpha value is -2.54. The number of rotatable bonds is 1. The smallest absolute Gasteiger partial charge is 0.257 e. The zero-order valence-corrected chi connectivity index (χ0v) is 10.8. The molecule has 0 aliphatic heterocycles. The van der Waals surface area contributed by atoms with Gasteiger partial charge in [0.1, 0.15) is 11.7 Å². The molecule has 0 saturated carbocycles. The van der Waals surface area contributed by atoms with E-state index in [-0.39, 0.29) is 11.5 Å². The Kier molecular flexibility index (Phi) is 2.42. The molecule has 0 unspecified atom stereocenters. The van der Waals surface area contributed by atoms with Gasteiger partial charge in [-0.05, 0) is 23.6 Å². The second kappa shape index (κ2) is 3.99. The number of benzene rings is 1. The Morgan fingerprint density at radius 2 is 2.05 bits per heavy atom. The third-order valence-electron chi connectivity index (χ3n) is 3.38. The van der Waals surface area contributed by atoms with Gasteiger partial charge >= 0.3 is 0 Å². The number of nitrogens with zero attached hydrogens (tertiary/aromatic N) is 2. The van der Waals surface area contributed by atoms with Crippen LogP contribution < -0.4 is 5.56 Å². The lowest BCUT2D eigenvalue weighted by Crippen LogP contribution is -2.15. The van der Waals surface area contributed by atoms with Crippen LogP contribution >= 0.6 is 0 Å². The summed E-state index contributed by atoms with van der Waals surface area (Å²) in [4.78, 5) is 15.5. The molecule has 1 aromatic carbocycles. The highest BCUT2D eigenvalue weighted by molar-refractivity contribution is 5.82.